The molecule has 0 spiro atoms. The molecule has 154 valence electrons. The van der Waals surface area contributed by atoms with Crippen LogP contribution >= 0.6 is 11.8 Å². The van der Waals surface area contributed by atoms with Crippen LogP contribution in [0.25, 0.3) is 0 Å². The quantitative estimate of drug-likeness (QED) is 0.558. The molecular weight excluding hydrogens is 384 g/mol. The van der Waals surface area contributed by atoms with Crippen molar-refractivity contribution in [1.29, 1.82) is 0 Å². The molecule has 1 saturated heterocycles. The van der Waals surface area contributed by atoms with Gasteiger partial charge in [0, 0.05) is 36.7 Å². The van der Waals surface area contributed by atoms with Crippen LogP contribution < -0.4 is 5.69 Å². The van der Waals surface area contributed by atoms with Crippen molar-refractivity contribution in [3.63, 3.8) is 0 Å². The molecule has 1 aliphatic heterocycles. The Labute approximate surface area is 175 Å². The van der Waals surface area contributed by atoms with Crippen LogP contribution in [0.15, 0.2) is 34.3 Å². The van der Waals surface area contributed by atoms with Gasteiger partial charge in [0.25, 0.3) is 0 Å². The summed E-state index contributed by atoms with van der Waals surface area (Å²) in [6.45, 7) is 4.46. The lowest BCUT2D eigenvalue weighted by molar-refractivity contribution is -0.129. The fourth-order valence-corrected chi connectivity index (χ4v) is 5.16. The third-order valence-corrected chi connectivity index (χ3v) is 7.01. The number of piperidine rings is 1. The molecule has 4 rings (SSSR count). The molecular formula is C22H28N4O2S. The van der Waals surface area contributed by atoms with Crippen molar-refractivity contribution in [2.24, 2.45) is 5.92 Å². The average molecular weight is 413 g/mol. The van der Waals surface area contributed by atoms with Crippen molar-refractivity contribution in [1.82, 2.24) is 19.4 Å². The van der Waals surface area contributed by atoms with E-state index < -0.39 is 0 Å². The van der Waals surface area contributed by atoms with E-state index in [0.29, 0.717) is 18.2 Å². The molecule has 2 aromatic heterocycles. The van der Waals surface area contributed by atoms with Gasteiger partial charge in [0.2, 0.25) is 5.91 Å². The van der Waals surface area contributed by atoms with Crippen LogP contribution in [-0.2, 0) is 24.2 Å². The number of hydrogen-bond donors (Lipinski definition) is 0. The molecule has 1 amide bonds. The van der Waals surface area contributed by atoms with Gasteiger partial charge in [-0.25, -0.2) is 4.79 Å². The van der Waals surface area contributed by atoms with Gasteiger partial charge in [-0.2, -0.15) is 4.98 Å². The van der Waals surface area contributed by atoms with E-state index in [-0.39, 0.29) is 11.6 Å². The van der Waals surface area contributed by atoms with Crippen LogP contribution in [0.4, 0.5) is 0 Å². The zero-order valence-electron chi connectivity index (χ0n) is 17.0. The zero-order chi connectivity index (χ0) is 20.2. The molecule has 7 heteroatoms. The van der Waals surface area contributed by atoms with Crippen LogP contribution in [0.5, 0.6) is 0 Å². The number of aromatic nitrogens is 3. The molecule has 0 unspecified atom stereocenters. The first-order valence-electron chi connectivity index (χ1n) is 10.5. The molecule has 0 saturated carbocycles. The van der Waals surface area contributed by atoms with Gasteiger partial charge in [0.1, 0.15) is 5.03 Å². The number of pyridine rings is 1. The van der Waals surface area contributed by atoms with Gasteiger partial charge in [-0.15, -0.1) is 0 Å². The van der Waals surface area contributed by atoms with Crippen molar-refractivity contribution in [2.45, 2.75) is 57.0 Å². The normalized spacial score (nSPS) is 17.2. The smallest absolute Gasteiger partial charge is 0.342 e. The van der Waals surface area contributed by atoms with Crippen molar-refractivity contribution in [3.05, 3.63) is 51.8 Å². The Morgan fingerprint density at radius 1 is 1.17 bits per heavy atom. The van der Waals surface area contributed by atoms with Crippen LogP contribution in [-0.4, -0.2) is 44.2 Å². The highest BCUT2D eigenvalue weighted by atomic mass is 32.2. The van der Waals surface area contributed by atoms with E-state index in [1.54, 1.807) is 12.4 Å². The van der Waals surface area contributed by atoms with Crippen molar-refractivity contribution in [3.8, 4) is 0 Å². The topological polar surface area (TPSA) is 68.1 Å². The number of likely N-dealkylation sites (tertiary alicyclic amines) is 1. The molecule has 1 fully saturated rings. The van der Waals surface area contributed by atoms with E-state index in [1.165, 1.54) is 11.8 Å². The first-order chi connectivity index (χ1) is 14.1. The van der Waals surface area contributed by atoms with Crippen LogP contribution in [0, 0.1) is 5.92 Å². The second-order valence-corrected chi connectivity index (χ2v) is 9.09. The molecule has 3 heterocycles. The van der Waals surface area contributed by atoms with Gasteiger partial charge in [-0.1, -0.05) is 18.7 Å². The summed E-state index contributed by atoms with van der Waals surface area (Å²) >= 11 is 1.44. The minimum atomic E-state index is -0.218. The maximum absolute atomic E-state index is 12.8. The highest BCUT2D eigenvalue weighted by Gasteiger charge is 2.24. The van der Waals surface area contributed by atoms with Crippen molar-refractivity contribution in [2.75, 3.05) is 18.8 Å². The van der Waals surface area contributed by atoms with Gasteiger partial charge in [-0.05, 0) is 62.1 Å². The van der Waals surface area contributed by atoms with E-state index in [4.69, 9.17) is 0 Å². The Bertz CT molecular complexity index is 920. The van der Waals surface area contributed by atoms with Crippen molar-refractivity contribution >= 4 is 17.7 Å². The van der Waals surface area contributed by atoms with E-state index in [1.807, 2.05) is 21.6 Å². The standard InChI is InChI=1S/C22H28N4O2S/c1-16-8-12-25(13-9-16)20(27)15-29-21-18-4-2-3-5-19(18)26(22(28)24-21)14-17-6-10-23-11-7-17/h6-7,10-11,16H,2-5,8-9,12-15H2,1H3. The predicted octanol–water partition coefficient (Wildman–Crippen LogP) is 2.92. The van der Waals surface area contributed by atoms with E-state index in [2.05, 4.69) is 16.9 Å². The SMILES string of the molecule is CC1CCN(C(=O)CSc2nc(=O)n(Cc3ccncc3)c3c2CCCC3)CC1. The Balaban J connectivity index is 1.53. The second kappa shape index (κ2) is 9.11. The summed E-state index contributed by atoms with van der Waals surface area (Å²) in [6, 6.07) is 3.87. The highest BCUT2D eigenvalue weighted by molar-refractivity contribution is 7.99. The molecule has 29 heavy (non-hydrogen) atoms. The lowest BCUT2D eigenvalue weighted by atomic mass is 9.97. The molecule has 2 aromatic rings. The lowest BCUT2D eigenvalue weighted by Crippen LogP contribution is -2.39. The molecule has 2 aliphatic rings. The van der Waals surface area contributed by atoms with E-state index in [9.17, 15) is 9.59 Å². The van der Waals surface area contributed by atoms with Gasteiger partial charge in [-0.3, -0.25) is 14.3 Å². The summed E-state index contributed by atoms with van der Waals surface area (Å²) in [7, 11) is 0. The third kappa shape index (κ3) is 4.71. The summed E-state index contributed by atoms with van der Waals surface area (Å²) in [5.41, 5.74) is 3.08. The Kier molecular flexibility index (Phi) is 6.33. The summed E-state index contributed by atoms with van der Waals surface area (Å²) in [5.74, 6) is 1.23. The Morgan fingerprint density at radius 3 is 2.66 bits per heavy atom. The number of carbonyl (C=O) groups excluding carboxylic acids is 1. The number of amides is 1. The first kappa shape index (κ1) is 20.1. The Morgan fingerprint density at radius 2 is 1.90 bits per heavy atom. The monoisotopic (exact) mass is 412 g/mol. The number of rotatable bonds is 5. The third-order valence-electron chi connectivity index (χ3n) is 6.01. The molecule has 0 bridgehead atoms. The fraction of sp³-hybridized carbons (Fsp3) is 0.545. The van der Waals surface area contributed by atoms with E-state index >= 15 is 0 Å². The minimum Gasteiger partial charge on any atom is -0.342 e. The van der Waals surface area contributed by atoms with Gasteiger partial charge < -0.3 is 4.90 Å². The molecule has 1 aliphatic carbocycles. The summed E-state index contributed by atoms with van der Waals surface area (Å²) < 4.78 is 1.81. The molecule has 0 N–H and O–H groups in total. The van der Waals surface area contributed by atoms with Crippen LogP contribution in [0.1, 0.15) is 49.4 Å². The maximum atomic E-state index is 12.8. The molecule has 6 nitrogen and oxygen atoms in total. The minimum absolute atomic E-state index is 0.161. The largest absolute Gasteiger partial charge is 0.349 e. The van der Waals surface area contributed by atoms with Crippen LogP contribution in [0.2, 0.25) is 0 Å². The van der Waals surface area contributed by atoms with Gasteiger partial charge >= 0.3 is 5.69 Å². The average Bonchev–Trinajstić information content (AvgIpc) is 2.75. The van der Waals surface area contributed by atoms with Crippen LogP contribution in [0.3, 0.4) is 0 Å². The molecule has 0 aromatic carbocycles. The lowest BCUT2D eigenvalue weighted by Gasteiger charge is -2.30. The highest BCUT2D eigenvalue weighted by Crippen LogP contribution is 2.29. The number of hydrogen-bond acceptors (Lipinski definition) is 5. The predicted molar refractivity (Wildman–Crippen MR) is 114 cm³/mol. The Hall–Kier alpha value is -2.15. The number of thioether (sulfide) groups is 1. The number of nitrogens with zero attached hydrogens (tertiary/aromatic N) is 4. The fourth-order valence-electron chi connectivity index (χ4n) is 4.18. The van der Waals surface area contributed by atoms with Gasteiger partial charge in [0.15, 0.2) is 0 Å². The molecule has 0 atom stereocenters. The van der Waals surface area contributed by atoms with Crippen molar-refractivity contribution < 1.29 is 4.79 Å². The summed E-state index contributed by atoms with van der Waals surface area (Å²) in [6.07, 6.45) is 9.66. The number of carbonyl (C=O) groups is 1. The number of fused-ring (bicyclic) bond motifs is 1. The summed E-state index contributed by atoms with van der Waals surface area (Å²) in [4.78, 5) is 35.9. The first-order valence-corrected chi connectivity index (χ1v) is 11.5. The molecule has 0 radical (unpaired) electrons. The maximum Gasteiger partial charge on any atom is 0.349 e. The summed E-state index contributed by atoms with van der Waals surface area (Å²) in [5, 5.41) is 0.759. The second-order valence-electron chi connectivity index (χ2n) is 8.13. The zero-order valence-corrected chi connectivity index (χ0v) is 17.8. The van der Waals surface area contributed by atoms with E-state index in [0.717, 1.165) is 73.5 Å². The van der Waals surface area contributed by atoms with Gasteiger partial charge in [0.05, 0.1) is 12.3 Å².